The van der Waals surface area contributed by atoms with Crippen LogP contribution in [0.3, 0.4) is 0 Å². The Morgan fingerprint density at radius 1 is 1.47 bits per heavy atom. The van der Waals surface area contributed by atoms with E-state index in [1.165, 1.54) is 6.07 Å². The summed E-state index contributed by atoms with van der Waals surface area (Å²) in [6.07, 6.45) is 1.60. The molecule has 1 fully saturated rings. The SMILES string of the molecule is CN(CCC(N)c1cccc(F)c1F)C1CCOC1. The number of nitrogens with two attached hydrogens (primary N) is 1. The third-order valence-corrected chi connectivity index (χ3v) is 3.70. The maximum absolute atomic E-state index is 13.6. The molecular formula is C14H20F2N2O. The second-order valence-electron chi connectivity index (χ2n) is 5.04. The fourth-order valence-electron chi connectivity index (χ4n) is 2.36. The van der Waals surface area contributed by atoms with E-state index in [9.17, 15) is 8.78 Å². The Morgan fingerprint density at radius 3 is 2.95 bits per heavy atom. The summed E-state index contributed by atoms with van der Waals surface area (Å²) in [4.78, 5) is 2.17. The van der Waals surface area contributed by atoms with E-state index in [1.54, 1.807) is 6.07 Å². The Hall–Kier alpha value is -1.04. The molecule has 0 bridgehead atoms. The molecule has 2 atom stereocenters. The van der Waals surface area contributed by atoms with Gasteiger partial charge in [-0.2, -0.15) is 0 Å². The molecule has 1 heterocycles. The van der Waals surface area contributed by atoms with Crippen LogP contribution >= 0.6 is 0 Å². The Morgan fingerprint density at radius 2 is 2.26 bits per heavy atom. The van der Waals surface area contributed by atoms with E-state index in [4.69, 9.17) is 10.5 Å². The molecule has 0 radical (unpaired) electrons. The molecule has 0 aromatic heterocycles. The first kappa shape index (κ1) is 14.4. The van der Waals surface area contributed by atoms with Crippen LogP contribution in [0.4, 0.5) is 8.78 Å². The van der Waals surface area contributed by atoms with Crippen molar-refractivity contribution in [2.75, 3.05) is 26.8 Å². The lowest BCUT2D eigenvalue weighted by atomic mass is 10.0. The van der Waals surface area contributed by atoms with Gasteiger partial charge in [-0.05, 0) is 26.0 Å². The molecule has 0 spiro atoms. The van der Waals surface area contributed by atoms with Crippen molar-refractivity contribution < 1.29 is 13.5 Å². The molecule has 1 saturated heterocycles. The second-order valence-corrected chi connectivity index (χ2v) is 5.04. The maximum Gasteiger partial charge on any atom is 0.163 e. The Bertz CT molecular complexity index is 422. The van der Waals surface area contributed by atoms with Crippen molar-refractivity contribution in [3.8, 4) is 0 Å². The van der Waals surface area contributed by atoms with E-state index in [1.807, 2.05) is 7.05 Å². The van der Waals surface area contributed by atoms with Crippen molar-refractivity contribution in [3.63, 3.8) is 0 Å². The van der Waals surface area contributed by atoms with Gasteiger partial charge < -0.3 is 15.4 Å². The number of benzene rings is 1. The Balaban J connectivity index is 1.90. The number of likely N-dealkylation sites (N-methyl/N-ethyl adjacent to an activating group) is 1. The smallest absolute Gasteiger partial charge is 0.163 e. The number of hydrogen-bond acceptors (Lipinski definition) is 3. The van der Waals surface area contributed by atoms with Crippen LogP contribution in [0.5, 0.6) is 0 Å². The average Bonchev–Trinajstić information content (AvgIpc) is 2.93. The zero-order valence-corrected chi connectivity index (χ0v) is 11.1. The summed E-state index contributed by atoms with van der Waals surface area (Å²) in [6, 6.07) is 4.06. The van der Waals surface area contributed by atoms with Crippen LogP contribution in [0.1, 0.15) is 24.4 Å². The highest BCUT2D eigenvalue weighted by Crippen LogP contribution is 2.21. The third kappa shape index (κ3) is 3.49. The minimum Gasteiger partial charge on any atom is -0.380 e. The molecule has 2 N–H and O–H groups in total. The summed E-state index contributed by atoms with van der Waals surface area (Å²) in [5, 5.41) is 0. The number of halogens is 2. The lowest BCUT2D eigenvalue weighted by molar-refractivity contribution is 0.157. The first-order valence-electron chi connectivity index (χ1n) is 6.57. The predicted molar refractivity (Wildman–Crippen MR) is 69.8 cm³/mol. The van der Waals surface area contributed by atoms with Crippen molar-refractivity contribution in [1.82, 2.24) is 4.90 Å². The van der Waals surface area contributed by atoms with E-state index in [0.717, 1.165) is 32.2 Å². The molecular weight excluding hydrogens is 250 g/mol. The number of nitrogens with zero attached hydrogens (tertiary/aromatic N) is 1. The molecule has 1 aliphatic heterocycles. The van der Waals surface area contributed by atoms with Crippen molar-refractivity contribution >= 4 is 0 Å². The molecule has 0 aliphatic carbocycles. The van der Waals surface area contributed by atoms with Gasteiger partial charge in [0.25, 0.3) is 0 Å². The molecule has 2 rings (SSSR count). The van der Waals surface area contributed by atoms with E-state index in [2.05, 4.69) is 4.90 Å². The largest absolute Gasteiger partial charge is 0.380 e. The highest BCUT2D eigenvalue weighted by molar-refractivity contribution is 5.22. The van der Waals surface area contributed by atoms with Crippen molar-refractivity contribution in [2.45, 2.75) is 24.9 Å². The molecule has 1 aliphatic rings. The summed E-state index contributed by atoms with van der Waals surface area (Å²) < 4.78 is 32.0. The van der Waals surface area contributed by atoms with Gasteiger partial charge in [-0.15, -0.1) is 0 Å². The Labute approximate surface area is 112 Å². The van der Waals surface area contributed by atoms with Gasteiger partial charge in [0.05, 0.1) is 6.61 Å². The lowest BCUT2D eigenvalue weighted by Crippen LogP contribution is -2.34. The molecule has 19 heavy (non-hydrogen) atoms. The molecule has 0 amide bonds. The molecule has 106 valence electrons. The normalized spacial score (nSPS) is 21.0. The molecule has 3 nitrogen and oxygen atoms in total. The minimum absolute atomic E-state index is 0.246. The first-order chi connectivity index (χ1) is 9.09. The molecule has 0 saturated carbocycles. The summed E-state index contributed by atoms with van der Waals surface area (Å²) >= 11 is 0. The van der Waals surface area contributed by atoms with Gasteiger partial charge in [0.15, 0.2) is 11.6 Å². The van der Waals surface area contributed by atoms with Crippen LogP contribution in [0, 0.1) is 11.6 Å². The van der Waals surface area contributed by atoms with Gasteiger partial charge in [0.2, 0.25) is 0 Å². The number of rotatable bonds is 5. The highest BCUT2D eigenvalue weighted by atomic mass is 19.2. The molecule has 2 unspecified atom stereocenters. The summed E-state index contributed by atoms with van der Waals surface area (Å²) in [5.74, 6) is -1.67. The topological polar surface area (TPSA) is 38.5 Å². The zero-order chi connectivity index (χ0) is 13.8. The number of ether oxygens (including phenoxy) is 1. The molecule has 1 aromatic rings. The fraction of sp³-hybridized carbons (Fsp3) is 0.571. The Kier molecular flexibility index (Phi) is 4.85. The van der Waals surface area contributed by atoms with Gasteiger partial charge >= 0.3 is 0 Å². The molecule has 1 aromatic carbocycles. The first-order valence-corrected chi connectivity index (χ1v) is 6.57. The average molecular weight is 270 g/mol. The van der Waals surface area contributed by atoms with Crippen LogP contribution in [0.25, 0.3) is 0 Å². The lowest BCUT2D eigenvalue weighted by Gasteiger charge is -2.24. The van der Waals surface area contributed by atoms with Crippen LogP contribution in [0.2, 0.25) is 0 Å². The van der Waals surface area contributed by atoms with Crippen molar-refractivity contribution in [2.24, 2.45) is 5.73 Å². The summed E-state index contributed by atoms with van der Waals surface area (Å²) in [7, 11) is 2.01. The van der Waals surface area contributed by atoms with Gasteiger partial charge in [0, 0.05) is 30.8 Å². The van der Waals surface area contributed by atoms with E-state index < -0.39 is 17.7 Å². The predicted octanol–water partition coefficient (Wildman–Crippen LogP) is 2.08. The molecule has 5 heteroatoms. The van der Waals surface area contributed by atoms with E-state index in [-0.39, 0.29) is 5.56 Å². The van der Waals surface area contributed by atoms with Crippen molar-refractivity contribution in [3.05, 3.63) is 35.4 Å². The quantitative estimate of drug-likeness (QED) is 0.890. The minimum atomic E-state index is -0.842. The van der Waals surface area contributed by atoms with Gasteiger partial charge in [-0.3, -0.25) is 0 Å². The summed E-state index contributed by atoms with van der Waals surface area (Å²) in [6.45, 7) is 2.27. The van der Waals surface area contributed by atoms with Crippen LogP contribution < -0.4 is 5.73 Å². The maximum atomic E-state index is 13.6. The summed E-state index contributed by atoms with van der Waals surface area (Å²) in [5.41, 5.74) is 6.19. The second kappa shape index (κ2) is 6.41. The van der Waals surface area contributed by atoms with Crippen LogP contribution in [0.15, 0.2) is 18.2 Å². The standard InChI is InChI=1S/C14H20F2N2O/c1-18(10-6-8-19-9-10)7-5-13(17)11-3-2-4-12(15)14(11)16/h2-4,10,13H,5-9,17H2,1H3. The monoisotopic (exact) mass is 270 g/mol. The van der Waals surface area contributed by atoms with Gasteiger partial charge in [0.1, 0.15) is 0 Å². The van der Waals surface area contributed by atoms with Gasteiger partial charge in [-0.1, -0.05) is 12.1 Å². The van der Waals surface area contributed by atoms with Crippen molar-refractivity contribution in [1.29, 1.82) is 0 Å². The zero-order valence-electron chi connectivity index (χ0n) is 11.1. The third-order valence-electron chi connectivity index (χ3n) is 3.70. The van der Waals surface area contributed by atoms with Crippen LogP contribution in [-0.2, 0) is 4.74 Å². The van der Waals surface area contributed by atoms with Crippen LogP contribution in [-0.4, -0.2) is 37.7 Å². The fourth-order valence-corrected chi connectivity index (χ4v) is 2.36. The number of hydrogen-bond donors (Lipinski definition) is 1. The van der Waals surface area contributed by atoms with Gasteiger partial charge in [-0.25, -0.2) is 8.78 Å². The van der Waals surface area contributed by atoms with E-state index >= 15 is 0 Å². The highest BCUT2D eigenvalue weighted by Gasteiger charge is 2.21. The van der Waals surface area contributed by atoms with E-state index in [0.29, 0.717) is 12.5 Å².